The summed E-state index contributed by atoms with van der Waals surface area (Å²) < 4.78 is 25.8. The van der Waals surface area contributed by atoms with Gasteiger partial charge < -0.3 is 10.6 Å². The van der Waals surface area contributed by atoms with Crippen LogP contribution >= 0.6 is 0 Å². The fraction of sp³-hybridized carbons (Fsp3) is 0.889. The number of carbonyl (C=O) groups excluding carboxylic acids is 1. The van der Waals surface area contributed by atoms with Crippen LogP contribution in [0.5, 0.6) is 0 Å². The van der Waals surface area contributed by atoms with Gasteiger partial charge in [0.2, 0.25) is 5.91 Å². The summed E-state index contributed by atoms with van der Waals surface area (Å²) in [5.74, 6) is -2.78. The van der Waals surface area contributed by atoms with Gasteiger partial charge >= 0.3 is 0 Å². The van der Waals surface area contributed by atoms with E-state index in [0.717, 1.165) is 0 Å². The van der Waals surface area contributed by atoms with Crippen LogP contribution in [0.4, 0.5) is 8.78 Å². The van der Waals surface area contributed by atoms with Gasteiger partial charge in [0.05, 0.1) is 11.5 Å². The summed E-state index contributed by atoms with van der Waals surface area (Å²) in [4.78, 5) is 12.8. The van der Waals surface area contributed by atoms with Gasteiger partial charge in [-0.05, 0) is 6.42 Å². The zero-order chi connectivity index (χ0) is 10.6. The van der Waals surface area contributed by atoms with Gasteiger partial charge in [-0.2, -0.15) is 0 Å². The molecular formula is C9H14F2N2O. The van der Waals surface area contributed by atoms with E-state index in [9.17, 15) is 13.6 Å². The van der Waals surface area contributed by atoms with Gasteiger partial charge in [-0.3, -0.25) is 4.79 Å². The van der Waals surface area contributed by atoms with Gasteiger partial charge in [0.1, 0.15) is 0 Å². The number of amides is 1. The number of rotatable bonds is 2. The van der Waals surface area contributed by atoms with Crippen LogP contribution in [0.25, 0.3) is 0 Å². The molecule has 1 amide bonds. The predicted molar refractivity (Wildman–Crippen MR) is 46.8 cm³/mol. The number of nitrogens with zero attached hydrogens (tertiary/aromatic N) is 1. The van der Waals surface area contributed by atoms with Gasteiger partial charge in [0.25, 0.3) is 5.92 Å². The molecule has 0 bridgehead atoms. The minimum absolute atomic E-state index is 0.112. The van der Waals surface area contributed by atoms with Crippen molar-refractivity contribution in [3.05, 3.63) is 0 Å². The number of nitrogens with two attached hydrogens (primary N) is 1. The fourth-order valence-corrected chi connectivity index (χ4v) is 1.96. The quantitative estimate of drug-likeness (QED) is 0.715. The molecule has 1 heterocycles. The lowest BCUT2D eigenvalue weighted by Crippen LogP contribution is -2.38. The molecule has 2 unspecified atom stereocenters. The molecule has 0 aromatic heterocycles. The molecule has 1 saturated heterocycles. The van der Waals surface area contributed by atoms with Crippen LogP contribution in [0.2, 0.25) is 0 Å². The maximum absolute atomic E-state index is 12.9. The Hall–Kier alpha value is -0.710. The van der Waals surface area contributed by atoms with Crippen LogP contribution in [-0.4, -0.2) is 35.9 Å². The van der Waals surface area contributed by atoms with Crippen molar-refractivity contribution in [1.29, 1.82) is 0 Å². The molecule has 2 fully saturated rings. The third-order valence-electron chi connectivity index (χ3n) is 3.25. The molecule has 80 valence electrons. The second-order valence-electron chi connectivity index (χ2n) is 4.60. The van der Waals surface area contributed by atoms with Crippen LogP contribution in [0.1, 0.15) is 19.8 Å². The summed E-state index contributed by atoms with van der Waals surface area (Å²) in [6, 6.07) is -0.481. The lowest BCUT2D eigenvalue weighted by atomic mass is 10.1. The van der Waals surface area contributed by atoms with Crippen molar-refractivity contribution in [2.45, 2.75) is 31.7 Å². The first-order chi connectivity index (χ1) is 6.36. The summed E-state index contributed by atoms with van der Waals surface area (Å²) in [5, 5.41) is 0. The molecule has 0 radical (unpaired) electrons. The Morgan fingerprint density at radius 2 is 2.21 bits per heavy atom. The Labute approximate surface area is 81.2 Å². The first-order valence-corrected chi connectivity index (χ1v) is 4.78. The lowest BCUT2D eigenvalue weighted by Gasteiger charge is -2.20. The number of halogens is 2. The van der Waals surface area contributed by atoms with E-state index >= 15 is 0 Å². The maximum Gasteiger partial charge on any atom is 0.256 e. The molecule has 5 heteroatoms. The zero-order valence-electron chi connectivity index (χ0n) is 8.09. The minimum atomic E-state index is -2.60. The van der Waals surface area contributed by atoms with E-state index in [2.05, 4.69) is 0 Å². The first-order valence-electron chi connectivity index (χ1n) is 4.78. The van der Waals surface area contributed by atoms with Crippen LogP contribution < -0.4 is 5.73 Å². The Morgan fingerprint density at radius 1 is 1.64 bits per heavy atom. The Balaban J connectivity index is 1.97. The topological polar surface area (TPSA) is 46.3 Å². The number of hydrogen-bond acceptors (Lipinski definition) is 2. The van der Waals surface area contributed by atoms with Gasteiger partial charge in [-0.1, -0.05) is 6.92 Å². The monoisotopic (exact) mass is 204 g/mol. The molecule has 1 aliphatic carbocycles. The minimum Gasteiger partial charge on any atom is -0.340 e. The van der Waals surface area contributed by atoms with E-state index in [-0.39, 0.29) is 18.9 Å². The van der Waals surface area contributed by atoms with E-state index in [1.54, 1.807) is 0 Å². The van der Waals surface area contributed by atoms with Crippen LogP contribution in [0.3, 0.4) is 0 Å². The van der Waals surface area contributed by atoms with Crippen LogP contribution in [0, 0.1) is 5.41 Å². The molecule has 14 heavy (non-hydrogen) atoms. The number of alkyl halides is 2. The average Bonchev–Trinajstić information content (AvgIpc) is 2.40. The van der Waals surface area contributed by atoms with Crippen molar-refractivity contribution in [2.24, 2.45) is 11.1 Å². The molecule has 0 aromatic carbocycles. The fourth-order valence-electron chi connectivity index (χ4n) is 1.96. The molecule has 1 saturated carbocycles. The van der Waals surface area contributed by atoms with Gasteiger partial charge in [-0.25, -0.2) is 8.78 Å². The van der Waals surface area contributed by atoms with E-state index < -0.39 is 17.4 Å². The highest BCUT2D eigenvalue weighted by Crippen LogP contribution is 2.60. The Kier molecular flexibility index (Phi) is 1.86. The molecular weight excluding hydrogens is 190 g/mol. The van der Waals surface area contributed by atoms with E-state index in [4.69, 9.17) is 5.73 Å². The molecule has 2 aliphatic rings. The SMILES string of the molecule is CC1(CN2CCC(N)C2=O)CC1(F)F. The highest BCUT2D eigenvalue weighted by atomic mass is 19.3. The largest absolute Gasteiger partial charge is 0.340 e. The average molecular weight is 204 g/mol. The second-order valence-corrected chi connectivity index (χ2v) is 4.60. The summed E-state index contributed by atoms with van der Waals surface area (Å²) in [6.45, 7) is 2.18. The van der Waals surface area contributed by atoms with E-state index in [0.29, 0.717) is 13.0 Å². The van der Waals surface area contributed by atoms with Crippen molar-refractivity contribution in [2.75, 3.05) is 13.1 Å². The summed E-state index contributed by atoms with van der Waals surface area (Å²) in [5.41, 5.74) is 4.49. The predicted octanol–water partition coefficient (Wildman–Crippen LogP) is 0.591. The van der Waals surface area contributed by atoms with Crippen LogP contribution in [-0.2, 0) is 4.79 Å². The summed E-state index contributed by atoms with van der Waals surface area (Å²) >= 11 is 0. The first kappa shape index (κ1) is 9.83. The number of likely N-dealkylation sites (tertiary alicyclic amines) is 1. The second kappa shape index (κ2) is 2.66. The molecule has 2 atom stereocenters. The van der Waals surface area contributed by atoms with Gasteiger partial charge in [0.15, 0.2) is 0 Å². The third kappa shape index (κ3) is 1.30. The number of hydrogen-bond donors (Lipinski definition) is 1. The Bertz CT molecular complexity index is 282. The van der Waals surface area contributed by atoms with Crippen molar-refractivity contribution in [3.63, 3.8) is 0 Å². The molecule has 2 N–H and O–H groups in total. The van der Waals surface area contributed by atoms with Crippen molar-refractivity contribution >= 4 is 5.91 Å². The normalized spacial score (nSPS) is 40.4. The number of carbonyl (C=O) groups is 1. The molecule has 3 nitrogen and oxygen atoms in total. The zero-order valence-corrected chi connectivity index (χ0v) is 8.09. The highest BCUT2D eigenvalue weighted by Gasteiger charge is 2.68. The van der Waals surface area contributed by atoms with Crippen molar-refractivity contribution < 1.29 is 13.6 Å². The summed E-state index contributed by atoms with van der Waals surface area (Å²) in [6.07, 6.45) is 0.472. The van der Waals surface area contributed by atoms with Crippen LogP contribution in [0.15, 0.2) is 0 Å². The molecule has 1 aliphatic heterocycles. The molecule has 2 rings (SSSR count). The Morgan fingerprint density at radius 3 is 2.57 bits per heavy atom. The van der Waals surface area contributed by atoms with Crippen molar-refractivity contribution in [1.82, 2.24) is 4.90 Å². The highest BCUT2D eigenvalue weighted by molar-refractivity contribution is 5.83. The summed E-state index contributed by atoms with van der Waals surface area (Å²) in [7, 11) is 0. The standard InChI is InChI=1S/C9H14F2N2O/c1-8(4-9(8,10)11)5-13-3-2-6(12)7(13)14/h6H,2-5,12H2,1H3. The van der Waals surface area contributed by atoms with Gasteiger partial charge in [-0.15, -0.1) is 0 Å². The smallest absolute Gasteiger partial charge is 0.256 e. The van der Waals surface area contributed by atoms with Gasteiger partial charge in [0, 0.05) is 19.5 Å². The van der Waals surface area contributed by atoms with E-state index in [1.165, 1.54) is 11.8 Å². The molecule has 0 aromatic rings. The lowest BCUT2D eigenvalue weighted by molar-refractivity contribution is -0.129. The molecule has 0 spiro atoms. The maximum atomic E-state index is 12.9. The van der Waals surface area contributed by atoms with Crippen molar-refractivity contribution in [3.8, 4) is 0 Å². The third-order valence-corrected chi connectivity index (χ3v) is 3.25. The van der Waals surface area contributed by atoms with E-state index in [1.807, 2.05) is 0 Å².